The fourth-order valence-electron chi connectivity index (χ4n) is 2.30. The van der Waals surface area contributed by atoms with E-state index in [1.807, 2.05) is 42.5 Å². The smallest absolute Gasteiger partial charge is 0.225 e. The van der Waals surface area contributed by atoms with Crippen LogP contribution in [0.25, 0.3) is 5.82 Å². The third-order valence-corrected chi connectivity index (χ3v) is 3.50. The van der Waals surface area contributed by atoms with Crippen LogP contribution < -0.4 is 5.32 Å². The fourth-order valence-corrected chi connectivity index (χ4v) is 2.30. The molecule has 0 bridgehead atoms. The number of rotatable bonds is 5. The number of pyridine rings is 1. The molecule has 118 valence electrons. The van der Waals surface area contributed by atoms with Gasteiger partial charge in [0.2, 0.25) is 5.91 Å². The van der Waals surface area contributed by atoms with Crippen LogP contribution in [0, 0.1) is 11.3 Å². The molecule has 0 saturated carbocycles. The Morgan fingerprint density at radius 2 is 1.96 bits per heavy atom. The molecule has 2 heterocycles. The summed E-state index contributed by atoms with van der Waals surface area (Å²) in [6.07, 6.45) is 4.00. The van der Waals surface area contributed by atoms with E-state index in [-0.39, 0.29) is 5.91 Å². The van der Waals surface area contributed by atoms with Gasteiger partial charge in [0.05, 0.1) is 6.20 Å². The van der Waals surface area contributed by atoms with Crippen molar-refractivity contribution >= 4 is 11.7 Å². The molecule has 0 aliphatic rings. The van der Waals surface area contributed by atoms with Crippen LogP contribution in [0.4, 0.5) is 5.82 Å². The van der Waals surface area contributed by atoms with Crippen molar-refractivity contribution in [3.8, 4) is 11.9 Å². The quantitative estimate of drug-likeness (QED) is 0.784. The molecule has 0 aliphatic carbocycles. The Kier molecular flexibility index (Phi) is 4.63. The molecule has 3 aromatic rings. The SMILES string of the molecule is N#Cc1cnn(-c2ccccn2)c1NC(=O)CCc1ccccc1. The highest BCUT2D eigenvalue weighted by atomic mass is 16.1. The van der Waals surface area contributed by atoms with Gasteiger partial charge in [-0.25, -0.2) is 4.98 Å². The van der Waals surface area contributed by atoms with Crippen molar-refractivity contribution in [2.24, 2.45) is 0 Å². The van der Waals surface area contributed by atoms with Crippen LogP contribution in [0.15, 0.2) is 60.9 Å². The number of aromatic nitrogens is 3. The number of benzene rings is 1. The minimum Gasteiger partial charge on any atom is -0.309 e. The highest BCUT2D eigenvalue weighted by Gasteiger charge is 2.15. The van der Waals surface area contributed by atoms with Crippen LogP contribution >= 0.6 is 0 Å². The first-order valence-electron chi connectivity index (χ1n) is 7.51. The summed E-state index contributed by atoms with van der Waals surface area (Å²) in [4.78, 5) is 16.5. The van der Waals surface area contributed by atoms with Gasteiger partial charge < -0.3 is 5.32 Å². The second kappa shape index (κ2) is 7.20. The maximum atomic E-state index is 12.3. The normalized spacial score (nSPS) is 10.1. The Labute approximate surface area is 139 Å². The number of amides is 1. The van der Waals surface area contributed by atoms with Crippen molar-refractivity contribution in [2.75, 3.05) is 5.32 Å². The van der Waals surface area contributed by atoms with Crippen molar-refractivity contribution in [1.82, 2.24) is 14.8 Å². The fraction of sp³-hybridized carbons (Fsp3) is 0.111. The van der Waals surface area contributed by atoms with Crippen LogP contribution in [0.1, 0.15) is 17.5 Å². The van der Waals surface area contributed by atoms with Crippen molar-refractivity contribution in [2.45, 2.75) is 12.8 Å². The molecule has 0 radical (unpaired) electrons. The van der Waals surface area contributed by atoms with Crippen LogP contribution in [0.3, 0.4) is 0 Å². The largest absolute Gasteiger partial charge is 0.309 e. The molecule has 2 aromatic heterocycles. The Morgan fingerprint density at radius 3 is 2.67 bits per heavy atom. The molecule has 6 heteroatoms. The van der Waals surface area contributed by atoms with E-state index >= 15 is 0 Å². The van der Waals surface area contributed by atoms with Crippen LogP contribution in [-0.4, -0.2) is 20.7 Å². The number of nitrogens with zero attached hydrogens (tertiary/aromatic N) is 4. The molecule has 0 spiro atoms. The number of aryl methyl sites for hydroxylation is 1. The van der Waals surface area contributed by atoms with Crippen LogP contribution in [0.2, 0.25) is 0 Å². The maximum Gasteiger partial charge on any atom is 0.225 e. The summed E-state index contributed by atoms with van der Waals surface area (Å²) in [5.74, 6) is 0.708. The Balaban J connectivity index is 1.76. The summed E-state index contributed by atoms with van der Waals surface area (Å²) >= 11 is 0. The molecule has 6 nitrogen and oxygen atoms in total. The Morgan fingerprint density at radius 1 is 1.17 bits per heavy atom. The minimum atomic E-state index is -0.173. The van der Waals surface area contributed by atoms with Crippen molar-refractivity contribution in [3.63, 3.8) is 0 Å². The molecule has 0 atom stereocenters. The standard InChI is InChI=1S/C18H15N5O/c19-12-15-13-21-23(16-8-4-5-11-20-16)18(15)22-17(24)10-9-14-6-2-1-3-7-14/h1-8,11,13H,9-10H2,(H,22,24). The van der Waals surface area contributed by atoms with Gasteiger partial charge in [-0.15, -0.1) is 0 Å². The first kappa shape index (κ1) is 15.4. The third-order valence-electron chi connectivity index (χ3n) is 3.50. The lowest BCUT2D eigenvalue weighted by Crippen LogP contribution is -2.16. The van der Waals surface area contributed by atoms with Crippen molar-refractivity contribution in [1.29, 1.82) is 5.26 Å². The average Bonchev–Trinajstić information content (AvgIpc) is 3.04. The molecule has 1 aromatic carbocycles. The molecule has 1 N–H and O–H groups in total. The Bertz CT molecular complexity index is 865. The summed E-state index contributed by atoms with van der Waals surface area (Å²) in [7, 11) is 0. The lowest BCUT2D eigenvalue weighted by molar-refractivity contribution is -0.116. The average molecular weight is 317 g/mol. The van der Waals surface area contributed by atoms with Gasteiger partial charge in [-0.1, -0.05) is 36.4 Å². The zero-order chi connectivity index (χ0) is 16.8. The van der Waals surface area contributed by atoms with E-state index in [1.165, 1.54) is 10.9 Å². The molecular formula is C18H15N5O. The number of hydrogen-bond acceptors (Lipinski definition) is 4. The first-order valence-corrected chi connectivity index (χ1v) is 7.51. The van der Waals surface area contributed by atoms with Crippen molar-refractivity contribution in [3.05, 3.63) is 72.1 Å². The molecule has 24 heavy (non-hydrogen) atoms. The van der Waals surface area contributed by atoms with Gasteiger partial charge in [0.15, 0.2) is 11.6 Å². The molecule has 0 unspecified atom stereocenters. The lowest BCUT2D eigenvalue weighted by Gasteiger charge is -2.09. The zero-order valence-corrected chi connectivity index (χ0v) is 12.9. The van der Waals surface area contributed by atoms with Gasteiger partial charge in [0.1, 0.15) is 11.6 Å². The van der Waals surface area contributed by atoms with E-state index < -0.39 is 0 Å². The number of hydrogen-bond donors (Lipinski definition) is 1. The second-order valence-corrected chi connectivity index (χ2v) is 5.15. The molecule has 0 saturated heterocycles. The molecule has 0 fully saturated rings. The summed E-state index contributed by atoms with van der Waals surface area (Å²) in [5.41, 5.74) is 1.39. The zero-order valence-electron chi connectivity index (χ0n) is 12.9. The van der Waals surface area contributed by atoms with Gasteiger partial charge in [0.25, 0.3) is 0 Å². The highest BCUT2D eigenvalue weighted by Crippen LogP contribution is 2.18. The van der Waals surface area contributed by atoms with E-state index in [0.717, 1.165) is 5.56 Å². The number of nitrogens with one attached hydrogen (secondary N) is 1. The number of carbonyl (C=O) groups excluding carboxylic acids is 1. The molecular weight excluding hydrogens is 302 g/mol. The highest BCUT2D eigenvalue weighted by molar-refractivity contribution is 5.91. The first-order chi connectivity index (χ1) is 11.8. The van der Waals surface area contributed by atoms with Gasteiger partial charge in [-0.2, -0.15) is 15.0 Å². The monoisotopic (exact) mass is 317 g/mol. The maximum absolute atomic E-state index is 12.3. The predicted molar refractivity (Wildman–Crippen MR) is 89.5 cm³/mol. The van der Waals surface area contributed by atoms with Crippen LogP contribution in [-0.2, 0) is 11.2 Å². The summed E-state index contributed by atoms with van der Waals surface area (Å²) in [6.45, 7) is 0. The van der Waals surface area contributed by atoms with E-state index in [1.54, 1.807) is 18.3 Å². The lowest BCUT2D eigenvalue weighted by atomic mass is 10.1. The van der Waals surface area contributed by atoms with Gasteiger partial charge >= 0.3 is 0 Å². The predicted octanol–water partition coefficient (Wildman–Crippen LogP) is 2.71. The molecule has 1 amide bonds. The van der Waals surface area contributed by atoms with E-state index in [9.17, 15) is 10.1 Å². The van der Waals surface area contributed by atoms with E-state index in [2.05, 4.69) is 15.4 Å². The van der Waals surface area contributed by atoms with Crippen LogP contribution in [0.5, 0.6) is 0 Å². The summed E-state index contributed by atoms with van der Waals surface area (Å²) in [5, 5.41) is 16.1. The summed E-state index contributed by atoms with van der Waals surface area (Å²) in [6, 6.07) is 17.2. The van der Waals surface area contributed by atoms with Gasteiger partial charge in [0, 0.05) is 12.6 Å². The van der Waals surface area contributed by atoms with E-state index in [0.29, 0.717) is 30.0 Å². The molecule has 0 aliphatic heterocycles. The van der Waals surface area contributed by atoms with Gasteiger partial charge in [-0.3, -0.25) is 4.79 Å². The Hall–Kier alpha value is -3.46. The van der Waals surface area contributed by atoms with Crippen molar-refractivity contribution < 1.29 is 4.79 Å². The number of anilines is 1. The number of carbonyl (C=O) groups is 1. The minimum absolute atomic E-state index is 0.173. The van der Waals surface area contributed by atoms with Gasteiger partial charge in [-0.05, 0) is 24.1 Å². The van der Waals surface area contributed by atoms with E-state index in [4.69, 9.17) is 0 Å². The number of nitriles is 1. The topological polar surface area (TPSA) is 83.6 Å². The molecule has 3 rings (SSSR count). The second-order valence-electron chi connectivity index (χ2n) is 5.15. The third kappa shape index (κ3) is 3.47. The summed E-state index contributed by atoms with van der Waals surface area (Å²) < 4.78 is 1.46.